The van der Waals surface area contributed by atoms with E-state index in [9.17, 15) is 18.0 Å². The maximum atomic E-state index is 12.8. The van der Waals surface area contributed by atoms with Gasteiger partial charge in [-0.15, -0.1) is 0 Å². The van der Waals surface area contributed by atoms with Gasteiger partial charge in [0.2, 0.25) is 5.91 Å². The van der Waals surface area contributed by atoms with Gasteiger partial charge in [-0.05, 0) is 19.9 Å². The van der Waals surface area contributed by atoms with E-state index in [-0.39, 0.29) is 44.3 Å². The van der Waals surface area contributed by atoms with Crippen LogP contribution in [0.25, 0.3) is 0 Å². The molecule has 4 N–H and O–H groups in total. The molecule has 0 bridgehead atoms. The Morgan fingerprint density at radius 1 is 1.34 bits per heavy atom. The number of hydrogen-bond donors (Lipinski definition) is 2. The Balaban J connectivity index is 0.00000225. The summed E-state index contributed by atoms with van der Waals surface area (Å²) in [6, 6.07) is -0.0815. The minimum atomic E-state index is -4.17. The zero-order valence-electron chi connectivity index (χ0n) is 16.3. The fourth-order valence-electron chi connectivity index (χ4n) is 3.59. The molecule has 2 fully saturated rings. The molecule has 0 aliphatic carbocycles. The molecule has 8 nitrogen and oxygen atoms in total. The molecule has 3 heterocycles. The number of amides is 1. The maximum absolute atomic E-state index is 12.8. The van der Waals surface area contributed by atoms with E-state index in [4.69, 9.17) is 5.11 Å². The van der Waals surface area contributed by atoms with E-state index in [0.29, 0.717) is 38.3 Å². The van der Waals surface area contributed by atoms with Crippen LogP contribution in [0.5, 0.6) is 0 Å². The number of nitrogens with one attached hydrogen (secondary N) is 1. The summed E-state index contributed by atoms with van der Waals surface area (Å²) in [4.78, 5) is 24.2. The van der Waals surface area contributed by atoms with Crippen molar-refractivity contribution in [1.82, 2.24) is 20.2 Å². The normalized spacial score (nSPS) is 20.9. The fraction of sp³-hybridized carbons (Fsp3) is 0.722. The summed E-state index contributed by atoms with van der Waals surface area (Å²) in [5, 5.41) is 12.1. The highest BCUT2D eigenvalue weighted by atomic mass is 19.4. The molecule has 3 rings (SSSR count). The molecule has 2 saturated heterocycles. The van der Waals surface area contributed by atoms with Crippen molar-refractivity contribution >= 4 is 11.7 Å². The number of aliphatic hydroxyl groups is 1. The third-order valence-electron chi connectivity index (χ3n) is 5.62. The highest BCUT2D eigenvalue weighted by Gasteiger charge is 2.44. The number of likely N-dealkylation sites (tertiary alicyclic amines) is 1. The number of nitrogens with zero attached hydrogens (tertiary/aromatic N) is 4. The monoisotopic (exact) mass is 421 g/mol. The third kappa shape index (κ3) is 5.55. The lowest BCUT2D eigenvalue weighted by molar-refractivity contribution is -0.168. The van der Waals surface area contributed by atoms with E-state index in [1.165, 1.54) is 6.20 Å². The van der Waals surface area contributed by atoms with Crippen LogP contribution in [0.1, 0.15) is 32.3 Å². The van der Waals surface area contributed by atoms with Crippen LogP contribution in [0.3, 0.4) is 0 Å². The number of carbonyl (C=O) groups excluding carboxylic acids is 1. The van der Waals surface area contributed by atoms with Gasteiger partial charge in [0.15, 0.2) is 0 Å². The Hall–Kier alpha value is -1.98. The molecule has 166 valence electrons. The summed E-state index contributed by atoms with van der Waals surface area (Å²) in [7, 11) is 1.75. The summed E-state index contributed by atoms with van der Waals surface area (Å²) >= 11 is 0. The lowest BCUT2D eigenvalue weighted by Gasteiger charge is -2.39. The van der Waals surface area contributed by atoms with E-state index in [1.807, 2.05) is 0 Å². The van der Waals surface area contributed by atoms with Crippen molar-refractivity contribution in [3.05, 3.63) is 18.1 Å². The summed E-state index contributed by atoms with van der Waals surface area (Å²) in [6.45, 7) is 1.37. The average Bonchev–Trinajstić information content (AvgIpc) is 3.12. The Labute approximate surface area is 168 Å². The first kappa shape index (κ1) is 23.3. The van der Waals surface area contributed by atoms with Crippen molar-refractivity contribution in [2.75, 3.05) is 44.7 Å². The van der Waals surface area contributed by atoms with E-state index < -0.39 is 12.1 Å². The van der Waals surface area contributed by atoms with Crippen LogP contribution in [0.2, 0.25) is 0 Å². The first-order valence-electron chi connectivity index (χ1n) is 9.51. The molecule has 0 spiro atoms. The van der Waals surface area contributed by atoms with Crippen molar-refractivity contribution in [1.29, 1.82) is 0 Å². The van der Waals surface area contributed by atoms with Gasteiger partial charge in [-0.3, -0.25) is 9.78 Å². The number of alkyl halides is 3. The molecule has 2 aliphatic heterocycles. The fourth-order valence-corrected chi connectivity index (χ4v) is 3.59. The summed E-state index contributed by atoms with van der Waals surface area (Å²) in [5.74, 6) is -0.701. The molecule has 1 aromatic heterocycles. The van der Waals surface area contributed by atoms with Crippen LogP contribution >= 0.6 is 0 Å². The molecule has 29 heavy (non-hydrogen) atoms. The van der Waals surface area contributed by atoms with Crippen LogP contribution < -0.4 is 10.2 Å². The minimum absolute atomic E-state index is 0. The van der Waals surface area contributed by atoms with Crippen molar-refractivity contribution < 1.29 is 30.0 Å². The van der Waals surface area contributed by atoms with Crippen molar-refractivity contribution in [2.45, 2.75) is 37.4 Å². The van der Waals surface area contributed by atoms with Crippen LogP contribution in [-0.2, 0) is 4.79 Å². The van der Waals surface area contributed by atoms with Crippen LogP contribution in [-0.4, -0.2) is 83.4 Å². The topological polar surface area (TPSA) is 113 Å². The number of likely N-dealkylation sites (N-methyl/N-ethyl adjacent to an activating group) is 1. The quantitative estimate of drug-likeness (QED) is 0.666. The number of carbonyl (C=O) groups is 1. The lowest BCUT2D eigenvalue weighted by atomic mass is 9.95. The lowest BCUT2D eigenvalue weighted by Crippen LogP contribution is -2.49. The maximum Gasteiger partial charge on any atom is 0.393 e. The molecular formula is C18H30F3N5O3. The second-order valence-corrected chi connectivity index (χ2v) is 7.48. The average molecular weight is 421 g/mol. The zero-order valence-corrected chi connectivity index (χ0v) is 16.3. The molecule has 0 radical (unpaired) electrons. The predicted molar refractivity (Wildman–Crippen MR) is 103 cm³/mol. The number of aliphatic hydroxyl groups excluding tert-OH is 1. The Kier molecular flexibility index (Phi) is 7.78. The van der Waals surface area contributed by atoms with E-state index >= 15 is 0 Å². The first-order valence-corrected chi connectivity index (χ1v) is 9.51. The highest BCUT2D eigenvalue weighted by molar-refractivity contribution is 5.77. The summed E-state index contributed by atoms with van der Waals surface area (Å²) < 4.78 is 38.4. The Morgan fingerprint density at radius 2 is 2.07 bits per heavy atom. The molecule has 11 heteroatoms. The van der Waals surface area contributed by atoms with Crippen LogP contribution in [0.4, 0.5) is 19.0 Å². The number of aromatic nitrogens is 2. The van der Waals surface area contributed by atoms with E-state index in [2.05, 4.69) is 15.3 Å². The molecule has 1 unspecified atom stereocenters. The van der Waals surface area contributed by atoms with Gasteiger partial charge in [0, 0.05) is 46.0 Å². The van der Waals surface area contributed by atoms with Crippen molar-refractivity contribution in [2.24, 2.45) is 5.92 Å². The van der Waals surface area contributed by atoms with Gasteiger partial charge in [-0.25, -0.2) is 4.98 Å². The Bertz CT molecular complexity index is 670. The van der Waals surface area contributed by atoms with E-state index in [0.717, 1.165) is 5.69 Å². The second-order valence-electron chi connectivity index (χ2n) is 7.48. The SMILES string of the molecule is CN[C@@H](CO)CCC(=O)N1CC(c2cnc(N3CCC(C(F)(F)F)C3)cn2)C1.O.[HH]. The Morgan fingerprint density at radius 3 is 2.59 bits per heavy atom. The van der Waals surface area contributed by atoms with Gasteiger partial charge >= 0.3 is 6.18 Å². The van der Waals surface area contributed by atoms with Gasteiger partial charge in [0.1, 0.15) is 5.82 Å². The van der Waals surface area contributed by atoms with Gasteiger partial charge in [0.05, 0.1) is 30.6 Å². The third-order valence-corrected chi connectivity index (χ3v) is 5.62. The van der Waals surface area contributed by atoms with Gasteiger partial charge in [-0.1, -0.05) is 0 Å². The van der Waals surface area contributed by atoms with Gasteiger partial charge < -0.3 is 25.7 Å². The van der Waals surface area contributed by atoms with Crippen LogP contribution in [0.15, 0.2) is 12.4 Å². The minimum Gasteiger partial charge on any atom is -0.412 e. The smallest absolute Gasteiger partial charge is 0.393 e. The van der Waals surface area contributed by atoms with E-state index in [1.54, 1.807) is 23.0 Å². The van der Waals surface area contributed by atoms with Gasteiger partial charge in [-0.2, -0.15) is 13.2 Å². The summed E-state index contributed by atoms with van der Waals surface area (Å²) in [6.07, 6.45) is -0.0103. The van der Waals surface area contributed by atoms with Crippen molar-refractivity contribution in [3.63, 3.8) is 0 Å². The largest absolute Gasteiger partial charge is 0.412 e. The molecule has 0 aromatic carbocycles. The molecule has 0 saturated carbocycles. The van der Waals surface area contributed by atoms with Crippen LogP contribution in [0, 0.1) is 5.92 Å². The van der Waals surface area contributed by atoms with Gasteiger partial charge in [0.25, 0.3) is 0 Å². The predicted octanol–water partition coefficient (Wildman–Crippen LogP) is 0.573. The number of rotatable bonds is 7. The summed E-state index contributed by atoms with van der Waals surface area (Å²) in [5.41, 5.74) is 0.753. The second kappa shape index (κ2) is 9.68. The zero-order chi connectivity index (χ0) is 20.3. The molecular weight excluding hydrogens is 391 g/mol. The first-order chi connectivity index (χ1) is 13.3. The number of hydrogen-bond acceptors (Lipinski definition) is 6. The highest BCUT2D eigenvalue weighted by Crippen LogP contribution is 2.35. The molecule has 2 atom stereocenters. The molecule has 1 amide bonds. The number of halogens is 3. The number of anilines is 1. The molecule has 1 aromatic rings. The van der Waals surface area contributed by atoms with Crippen molar-refractivity contribution in [3.8, 4) is 0 Å². The standard InChI is InChI=1S/C18H26F3N5O2.H2O.H2/c1-22-14(11-27)2-3-17(28)26-8-12(9-26)15-6-24-16(7-23-15)25-5-4-13(10-25)18(19,20)21;;/h6-7,12-14,22,27H,2-5,8-11H2,1H3;1H2;1H/t13?,14-;;/m1../s1. The molecule has 2 aliphatic rings.